The van der Waals surface area contributed by atoms with Crippen molar-refractivity contribution < 1.29 is 23.2 Å². The smallest absolute Gasteiger partial charge is 0.347 e. The molecule has 0 saturated carbocycles. The second-order valence-electron chi connectivity index (χ2n) is 5.34. The van der Waals surface area contributed by atoms with Crippen molar-refractivity contribution in [3.8, 4) is 17.1 Å². The van der Waals surface area contributed by atoms with Gasteiger partial charge in [-0.25, -0.2) is 9.18 Å². The van der Waals surface area contributed by atoms with E-state index < -0.39 is 17.9 Å². The molecule has 0 aliphatic heterocycles. The molecule has 0 amide bonds. The number of hydrogen-bond acceptors (Lipinski definition) is 5. The van der Waals surface area contributed by atoms with Crippen LogP contribution in [0.5, 0.6) is 5.75 Å². The number of carbonyl (C=O) groups is 1. The normalized spacial score (nSPS) is 11.8. The summed E-state index contributed by atoms with van der Waals surface area (Å²) in [6.45, 7) is 1.52. The first-order valence-electron chi connectivity index (χ1n) is 7.72. The minimum Gasteiger partial charge on any atom is -0.479 e. The molecule has 0 N–H and O–H groups in total. The van der Waals surface area contributed by atoms with Crippen LogP contribution in [0.15, 0.2) is 65.2 Å². The Hall–Kier alpha value is -3.15. The van der Waals surface area contributed by atoms with Gasteiger partial charge < -0.3 is 14.0 Å². The first-order chi connectivity index (χ1) is 12.1. The number of aromatic nitrogens is 1. The van der Waals surface area contributed by atoms with Gasteiger partial charge >= 0.3 is 5.97 Å². The summed E-state index contributed by atoms with van der Waals surface area (Å²) in [6, 6.07) is 16.7. The van der Waals surface area contributed by atoms with E-state index in [0.29, 0.717) is 17.0 Å². The summed E-state index contributed by atoms with van der Waals surface area (Å²) in [7, 11) is 0. The van der Waals surface area contributed by atoms with Crippen LogP contribution in [-0.2, 0) is 16.1 Å². The zero-order chi connectivity index (χ0) is 17.6. The number of nitrogens with zero attached hydrogens (tertiary/aromatic N) is 1. The monoisotopic (exact) mass is 341 g/mol. The molecule has 2 aromatic carbocycles. The lowest BCUT2D eigenvalue weighted by atomic mass is 10.1. The molecule has 0 saturated heterocycles. The minimum absolute atomic E-state index is 0.0841. The van der Waals surface area contributed by atoms with Crippen LogP contribution in [0.25, 0.3) is 11.3 Å². The number of ether oxygens (including phenoxy) is 2. The molecule has 0 radical (unpaired) electrons. The van der Waals surface area contributed by atoms with Gasteiger partial charge in [0.2, 0.25) is 0 Å². The molecular formula is C19H16FNO4. The fraction of sp³-hybridized carbons (Fsp3) is 0.158. The van der Waals surface area contributed by atoms with Gasteiger partial charge in [-0.3, -0.25) is 0 Å². The SMILES string of the molecule is CC(Oc1ccccc1)C(=O)OCc1cc(-c2ccccc2F)on1. The Morgan fingerprint density at radius 3 is 2.64 bits per heavy atom. The first kappa shape index (κ1) is 16.7. The number of rotatable bonds is 6. The summed E-state index contributed by atoms with van der Waals surface area (Å²) < 4.78 is 29.5. The Balaban J connectivity index is 1.57. The second kappa shape index (κ2) is 7.61. The standard InChI is InChI=1S/C19H16FNO4/c1-13(24-15-7-3-2-4-8-15)19(22)23-12-14-11-18(25-21-14)16-9-5-6-10-17(16)20/h2-11,13H,12H2,1H3. The third-order valence-corrected chi connectivity index (χ3v) is 3.45. The predicted molar refractivity (Wildman–Crippen MR) is 88.2 cm³/mol. The summed E-state index contributed by atoms with van der Waals surface area (Å²) in [4.78, 5) is 12.0. The second-order valence-corrected chi connectivity index (χ2v) is 5.34. The van der Waals surface area contributed by atoms with E-state index in [9.17, 15) is 9.18 Å². The molecule has 3 rings (SSSR count). The van der Waals surface area contributed by atoms with Crippen LogP contribution in [0.4, 0.5) is 4.39 Å². The lowest BCUT2D eigenvalue weighted by molar-refractivity contribution is -0.152. The van der Waals surface area contributed by atoms with E-state index in [-0.39, 0.29) is 12.4 Å². The topological polar surface area (TPSA) is 61.6 Å². The van der Waals surface area contributed by atoms with Crippen LogP contribution in [-0.4, -0.2) is 17.2 Å². The number of halogens is 1. The Morgan fingerprint density at radius 1 is 1.16 bits per heavy atom. The third-order valence-electron chi connectivity index (χ3n) is 3.45. The Bertz CT molecular complexity index is 847. The first-order valence-corrected chi connectivity index (χ1v) is 7.72. The maximum absolute atomic E-state index is 13.7. The minimum atomic E-state index is -0.764. The maximum Gasteiger partial charge on any atom is 0.347 e. The number of carbonyl (C=O) groups excluding carboxylic acids is 1. The molecule has 5 nitrogen and oxygen atoms in total. The Kier molecular flexibility index (Phi) is 5.09. The number of esters is 1. The lowest BCUT2D eigenvalue weighted by Gasteiger charge is -2.13. The van der Waals surface area contributed by atoms with Gasteiger partial charge in [0.05, 0.1) is 5.56 Å². The summed E-state index contributed by atoms with van der Waals surface area (Å²) >= 11 is 0. The highest BCUT2D eigenvalue weighted by molar-refractivity contribution is 5.74. The van der Waals surface area contributed by atoms with E-state index in [0.717, 1.165) is 0 Å². The Morgan fingerprint density at radius 2 is 1.88 bits per heavy atom. The van der Waals surface area contributed by atoms with Gasteiger partial charge in [0.15, 0.2) is 11.9 Å². The van der Waals surface area contributed by atoms with Crippen molar-refractivity contribution in [3.63, 3.8) is 0 Å². The Labute approximate surface area is 144 Å². The van der Waals surface area contributed by atoms with Gasteiger partial charge in [-0.1, -0.05) is 35.5 Å². The molecule has 3 aromatic rings. The van der Waals surface area contributed by atoms with E-state index in [1.807, 2.05) is 18.2 Å². The largest absolute Gasteiger partial charge is 0.479 e. The summed E-state index contributed by atoms with van der Waals surface area (Å²) in [6.07, 6.45) is -0.764. The molecule has 1 heterocycles. The van der Waals surface area contributed by atoms with E-state index in [1.165, 1.54) is 12.1 Å². The molecule has 0 spiro atoms. The van der Waals surface area contributed by atoms with Crippen molar-refractivity contribution >= 4 is 5.97 Å². The number of hydrogen-bond donors (Lipinski definition) is 0. The van der Waals surface area contributed by atoms with Crippen LogP contribution in [0, 0.1) is 5.82 Å². The van der Waals surface area contributed by atoms with Gasteiger partial charge in [0.1, 0.15) is 23.9 Å². The number of para-hydroxylation sites is 1. The van der Waals surface area contributed by atoms with Crippen LogP contribution < -0.4 is 4.74 Å². The molecule has 0 bridgehead atoms. The average molecular weight is 341 g/mol. The molecule has 0 aliphatic carbocycles. The van der Waals surface area contributed by atoms with Gasteiger partial charge in [-0.2, -0.15) is 0 Å². The molecule has 25 heavy (non-hydrogen) atoms. The molecular weight excluding hydrogens is 325 g/mol. The van der Waals surface area contributed by atoms with Crippen molar-refractivity contribution in [2.75, 3.05) is 0 Å². The zero-order valence-electron chi connectivity index (χ0n) is 13.5. The van der Waals surface area contributed by atoms with E-state index in [2.05, 4.69) is 5.16 Å². The number of benzene rings is 2. The molecule has 1 unspecified atom stereocenters. The third kappa shape index (κ3) is 4.23. The van der Waals surface area contributed by atoms with Gasteiger partial charge in [-0.15, -0.1) is 0 Å². The van der Waals surface area contributed by atoms with E-state index in [4.69, 9.17) is 14.0 Å². The molecule has 6 heteroatoms. The quantitative estimate of drug-likeness (QED) is 0.634. The average Bonchev–Trinajstić information content (AvgIpc) is 3.09. The lowest BCUT2D eigenvalue weighted by Crippen LogP contribution is -2.26. The summed E-state index contributed by atoms with van der Waals surface area (Å²) in [5.74, 6) is -0.0840. The summed E-state index contributed by atoms with van der Waals surface area (Å²) in [5, 5.41) is 3.79. The van der Waals surface area contributed by atoms with Crippen LogP contribution in [0.2, 0.25) is 0 Å². The molecule has 0 fully saturated rings. The fourth-order valence-electron chi connectivity index (χ4n) is 2.18. The highest BCUT2D eigenvalue weighted by atomic mass is 19.1. The van der Waals surface area contributed by atoms with Crippen molar-refractivity contribution in [1.82, 2.24) is 5.16 Å². The van der Waals surface area contributed by atoms with Crippen molar-refractivity contribution in [2.24, 2.45) is 0 Å². The zero-order valence-corrected chi connectivity index (χ0v) is 13.5. The molecule has 128 valence electrons. The van der Waals surface area contributed by atoms with Crippen LogP contribution in [0.1, 0.15) is 12.6 Å². The van der Waals surface area contributed by atoms with Crippen LogP contribution >= 0.6 is 0 Å². The fourth-order valence-corrected chi connectivity index (χ4v) is 2.18. The van der Waals surface area contributed by atoms with Crippen LogP contribution in [0.3, 0.4) is 0 Å². The van der Waals surface area contributed by atoms with Gasteiger partial charge in [0, 0.05) is 6.07 Å². The maximum atomic E-state index is 13.7. The predicted octanol–water partition coefficient (Wildman–Crippen LogP) is 3.99. The molecule has 1 aromatic heterocycles. The van der Waals surface area contributed by atoms with Crippen molar-refractivity contribution in [2.45, 2.75) is 19.6 Å². The molecule has 0 aliphatic rings. The summed E-state index contributed by atoms with van der Waals surface area (Å²) in [5.41, 5.74) is 0.687. The van der Waals surface area contributed by atoms with Gasteiger partial charge in [-0.05, 0) is 31.2 Å². The highest BCUT2D eigenvalue weighted by Crippen LogP contribution is 2.23. The van der Waals surface area contributed by atoms with Crippen molar-refractivity contribution in [3.05, 3.63) is 72.2 Å². The molecule has 1 atom stereocenters. The van der Waals surface area contributed by atoms with E-state index in [1.54, 1.807) is 37.3 Å². The van der Waals surface area contributed by atoms with E-state index >= 15 is 0 Å². The highest BCUT2D eigenvalue weighted by Gasteiger charge is 2.18. The van der Waals surface area contributed by atoms with Gasteiger partial charge in [0.25, 0.3) is 0 Å². The van der Waals surface area contributed by atoms with Crippen molar-refractivity contribution in [1.29, 1.82) is 0 Å².